The van der Waals surface area contributed by atoms with Crippen molar-refractivity contribution in [2.24, 2.45) is 0 Å². The van der Waals surface area contributed by atoms with Crippen LogP contribution in [0.2, 0.25) is 0 Å². The van der Waals surface area contributed by atoms with Crippen molar-refractivity contribution >= 4 is 0 Å². The first-order valence-corrected chi connectivity index (χ1v) is 6.35. The summed E-state index contributed by atoms with van der Waals surface area (Å²) in [6.07, 6.45) is 1.23. The zero-order valence-electron chi connectivity index (χ0n) is 11.4. The average molecular weight is 236 g/mol. The molecule has 0 aliphatic carbocycles. The summed E-state index contributed by atoms with van der Waals surface area (Å²) in [6, 6.07) is 8.20. The van der Waals surface area contributed by atoms with Gasteiger partial charge in [-0.25, -0.2) is 0 Å². The first kappa shape index (κ1) is 14.0. The van der Waals surface area contributed by atoms with Gasteiger partial charge in [-0.05, 0) is 29.5 Å². The predicted molar refractivity (Wildman–Crippen MR) is 71.6 cm³/mol. The fraction of sp³-hybridized carbons (Fsp3) is 0.600. The number of hydrogen-bond acceptors (Lipinski definition) is 2. The molecule has 1 unspecified atom stereocenters. The summed E-state index contributed by atoms with van der Waals surface area (Å²) in [5.41, 5.74) is 1.48. The van der Waals surface area contributed by atoms with Crippen LogP contribution in [-0.4, -0.2) is 17.8 Å². The van der Waals surface area contributed by atoms with Crippen LogP contribution in [0.1, 0.15) is 46.1 Å². The van der Waals surface area contributed by atoms with Gasteiger partial charge < -0.3 is 9.84 Å². The van der Waals surface area contributed by atoms with Crippen LogP contribution in [0.4, 0.5) is 0 Å². The standard InChI is InChI=1S/C15H24O2/c1-5-13(16)10-11-17-14-8-6-12(7-9-14)15(2,3)4/h6-9,13,16H,5,10-11H2,1-4H3. The van der Waals surface area contributed by atoms with Gasteiger partial charge in [0.15, 0.2) is 0 Å². The average Bonchev–Trinajstić information content (AvgIpc) is 2.28. The highest BCUT2D eigenvalue weighted by Gasteiger charge is 2.12. The molecule has 2 nitrogen and oxygen atoms in total. The molecule has 0 radical (unpaired) electrons. The maximum Gasteiger partial charge on any atom is 0.119 e. The summed E-state index contributed by atoms with van der Waals surface area (Å²) in [5.74, 6) is 0.876. The van der Waals surface area contributed by atoms with Gasteiger partial charge in [0.25, 0.3) is 0 Å². The third-order valence-electron chi connectivity index (χ3n) is 2.91. The third-order valence-corrected chi connectivity index (χ3v) is 2.91. The summed E-state index contributed by atoms with van der Waals surface area (Å²) >= 11 is 0. The lowest BCUT2D eigenvalue weighted by Gasteiger charge is -2.19. The smallest absolute Gasteiger partial charge is 0.119 e. The van der Waals surface area contributed by atoms with Crippen molar-refractivity contribution in [1.82, 2.24) is 0 Å². The fourth-order valence-corrected chi connectivity index (χ4v) is 1.57. The molecule has 0 bridgehead atoms. The molecule has 0 heterocycles. The SMILES string of the molecule is CCC(O)CCOc1ccc(C(C)(C)C)cc1. The van der Waals surface area contributed by atoms with Crippen molar-refractivity contribution in [3.05, 3.63) is 29.8 Å². The Morgan fingerprint density at radius 3 is 2.24 bits per heavy atom. The van der Waals surface area contributed by atoms with Gasteiger partial charge in [0, 0.05) is 6.42 Å². The van der Waals surface area contributed by atoms with E-state index in [1.54, 1.807) is 0 Å². The zero-order valence-corrected chi connectivity index (χ0v) is 11.4. The molecule has 0 amide bonds. The second-order valence-electron chi connectivity index (χ2n) is 5.47. The molecule has 1 N–H and O–H groups in total. The number of aliphatic hydroxyl groups excluding tert-OH is 1. The van der Waals surface area contributed by atoms with Crippen LogP contribution < -0.4 is 4.74 Å². The molecule has 96 valence electrons. The lowest BCUT2D eigenvalue weighted by Crippen LogP contribution is -2.12. The van der Waals surface area contributed by atoms with E-state index in [0.717, 1.165) is 12.2 Å². The number of ether oxygens (including phenoxy) is 1. The van der Waals surface area contributed by atoms with Crippen LogP contribution in [0, 0.1) is 0 Å². The van der Waals surface area contributed by atoms with Crippen molar-refractivity contribution in [2.45, 2.75) is 52.1 Å². The van der Waals surface area contributed by atoms with Crippen molar-refractivity contribution in [1.29, 1.82) is 0 Å². The molecule has 0 aliphatic rings. The number of benzene rings is 1. The molecule has 0 saturated heterocycles. The molecule has 0 saturated carbocycles. The van der Waals surface area contributed by atoms with Crippen molar-refractivity contribution in [3.8, 4) is 5.75 Å². The van der Waals surface area contributed by atoms with E-state index < -0.39 is 0 Å². The van der Waals surface area contributed by atoms with Gasteiger partial charge in [-0.3, -0.25) is 0 Å². The summed E-state index contributed by atoms with van der Waals surface area (Å²) in [7, 11) is 0. The van der Waals surface area contributed by atoms with E-state index in [9.17, 15) is 5.11 Å². The highest BCUT2D eigenvalue weighted by molar-refractivity contribution is 5.31. The van der Waals surface area contributed by atoms with E-state index >= 15 is 0 Å². The molecule has 2 heteroatoms. The summed E-state index contributed by atoms with van der Waals surface area (Å²) < 4.78 is 5.59. The molecule has 1 aromatic rings. The highest BCUT2D eigenvalue weighted by atomic mass is 16.5. The Morgan fingerprint density at radius 2 is 1.76 bits per heavy atom. The third kappa shape index (κ3) is 4.78. The second-order valence-corrected chi connectivity index (χ2v) is 5.47. The van der Waals surface area contributed by atoms with Gasteiger partial charge in [0.2, 0.25) is 0 Å². The van der Waals surface area contributed by atoms with Gasteiger partial charge in [-0.1, -0.05) is 39.8 Å². The van der Waals surface area contributed by atoms with Gasteiger partial charge >= 0.3 is 0 Å². The lowest BCUT2D eigenvalue weighted by atomic mass is 9.87. The molecule has 1 rings (SSSR count). The second kappa shape index (κ2) is 6.06. The molecule has 0 aliphatic heterocycles. The molecular formula is C15H24O2. The first-order valence-electron chi connectivity index (χ1n) is 6.35. The van der Waals surface area contributed by atoms with Crippen molar-refractivity contribution < 1.29 is 9.84 Å². The summed E-state index contributed by atoms with van der Waals surface area (Å²) in [5, 5.41) is 9.41. The molecule has 1 aromatic carbocycles. The lowest BCUT2D eigenvalue weighted by molar-refractivity contribution is 0.135. The topological polar surface area (TPSA) is 29.5 Å². The molecule has 0 fully saturated rings. The van der Waals surface area contributed by atoms with Gasteiger partial charge in [-0.2, -0.15) is 0 Å². The van der Waals surface area contributed by atoms with E-state index in [1.807, 2.05) is 19.1 Å². The van der Waals surface area contributed by atoms with Crippen LogP contribution in [-0.2, 0) is 5.41 Å². The minimum Gasteiger partial charge on any atom is -0.493 e. The van der Waals surface area contributed by atoms with Crippen LogP contribution >= 0.6 is 0 Å². The maximum atomic E-state index is 9.41. The highest BCUT2D eigenvalue weighted by Crippen LogP contribution is 2.24. The Morgan fingerprint density at radius 1 is 1.18 bits per heavy atom. The van der Waals surface area contributed by atoms with Crippen molar-refractivity contribution in [2.75, 3.05) is 6.61 Å². The minimum absolute atomic E-state index is 0.178. The summed E-state index contributed by atoms with van der Waals surface area (Å²) in [4.78, 5) is 0. The fourth-order valence-electron chi connectivity index (χ4n) is 1.57. The summed E-state index contributed by atoms with van der Waals surface area (Å²) in [6.45, 7) is 9.13. The van der Waals surface area contributed by atoms with E-state index in [0.29, 0.717) is 13.0 Å². The molecule has 1 atom stereocenters. The first-order chi connectivity index (χ1) is 7.93. The molecular weight excluding hydrogens is 212 g/mol. The molecule has 17 heavy (non-hydrogen) atoms. The Balaban J connectivity index is 2.46. The Labute approximate surface area is 105 Å². The van der Waals surface area contributed by atoms with Crippen molar-refractivity contribution in [3.63, 3.8) is 0 Å². The Hall–Kier alpha value is -1.02. The van der Waals surface area contributed by atoms with E-state index in [2.05, 4.69) is 32.9 Å². The monoisotopic (exact) mass is 236 g/mol. The van der Waals surface area contributed by atoms with Crippen LogP contribution in [0.25, 0.3) is 0 Å². The number of rotatable bonds is 5. The largest absolute Gasteiger partial charge is 0.493 e. The Kier molecular flexibility index (Phi) is 5.01. The van der Waals surface area contributed by atoms with Gasteiger partial charge in [-0.15, -0.1) is 0 Å². The number of hydrogen-bond donors (Lipinski definition) is 1. The van der Waals surface area contributed by atoms with Crippen LogP contribution in [0.3, 0.4) is 0 Å². The molecule has 0 aromatic heterocycles. The van der Waals surface area contributed by atoms with E-state index in [-0.39, 0.29) is 11.5 Å². The normalized spacial score (nSPS) is 13.5. The van der Waals surface area contributed by atoms with Gasteiger partial charge in [0.1, 0.15) is 5.75 Å². The van der Waals surface area contributed by atoms with Crippen LogP contribution in [0.15, 0.2) is 24.3 Å². The zero-order chi connectivity index (χ0) is 12.9. The quantitative estimate of drug-likeness (QED) is 0.847. The number of aliphatic hydroxyl groups is 1. The van der Waals surface area contributed by atoms with Gasteiger partial charge in [0.05, 0.1) is 12.7 Å². The van der Waals surface area contributed by atoms with E-state index in [1.165, 1.54) is 5.56 Å². The minimum atomic E-state index is -0.246. The van der Waals surface area contributed by atoms with Crippen LogP contribution in [0.5, 0.6) is 5.75 Å². The predicted octanol–water partition coefficient (Wildman–Crippen LogP) is 3.52. The maximum absolute atomic E-state index is 9.41. The molecule has 0 spiro atoms. The van der Waals surface area contributed by atoms with E-state index in [4.69, 9.17) is 4.74 Å². The Bertz CT molecular complexity index is 322.